The van der Waals surface area contributed by atoms with Gasteiger partial charge in [0.15, 0.2) is 5.82 Å². The van der Waals surface area contributed by atoms with Gasteiger partial charge in [-0.15, -0.1) is 0 Å². The largest absolute Gasteiger partial charge is 0.340 e. The Balaban J connectivity index is 2.56. The summed E-state index contributed by atoms with van der Waals surface area (Å²) in [6, 6.07) is 4.47. The summed E-state index contributed by atoms with van der Waals surface area (Å²) in [5.41, 5.74) is 0.937. The van der Waals surface area contributed by atoms with E-state index in [0.29, 0.717) is 11.4 Å². The Bertz CT molecular complexity index is 495. The highest BCUT2D eigenvalue weighted by molar-refractivity contribution is 5.55. The second kappa shape index (κ2) is 3.10. The first-order valence-corrected chi connectivity index (χ1v) is 4.07. The minimum Gasteiger partial charge on any atom is -0.289 e. The lowest BCUT2D eigenvalue weighted by Crippen LogP contribution is -2.00. The lowest BCUT2D eigenvalue weighted by atomic mass is 10.1. The summed E-state index contributed by atoms with van der Waals surface area (Å²) < 4.78 is 13.0. The summed E-state index contributed by atoms with van der Waals surface area (Å²) in [7, 11) is 0. The number of H-pyrrole nitrogens is 2. The minimum absolute atomic E-state index is 0.344. The third kappa shape index (κ3) is 1.56. The average Bonchev–Trinajstić information content (AvgIpc) is 2.50. The van der Waals surface area contributed by atoms with Gasteiger partial charge in [0.25, 0.3) is 0 Å². The summed E-state index contributed by atoms with van der Waals surface area (Å²) >= 11 is 0. The molecule has 72 valence electrons. The van der Waals surface area contributed by atoms with Crippen molar-refractivity contribution < 1.29 is 4.39 Å². The van der Waals surface area contributed by atoms with Crippen LogP contribution >= 0.6 is 0 Å². The van der Waals surface area contributed by atoms with Crippen LogP contribution in [0.4, 0.5) is 4.39 Å². The van der Waals surface area contributed by atoms with Crippen LogP contribution in [0.5, 0.6) is 0 Å². The van der Waals surface area contributed by atoms with E-state index in [4.69, 9.17) is 0 Å². The molecule has 2 N–H and O–H groups in total. The SMILES string of the molecule is Cc1cc(F)cc(-c2n[nH]c(=O)[nH]2)c1. The number of aromatic amines is 2. The molecular weight excluding hydrogens is 185 g/mol. The molecule has 1 aromatic heterocycles. The first-order valence-electron chi connectivity index (χ1n) is 4.07. The van der Waals surface area contributed by atoms with Crippen molar-refractivity contribution in [2.45, 2.75) is 6.92 Å². The maximum absolute atomic E-state index is 13.0. The predicted octanol–water partition coefficient (Wildman–Crippen LogP) is 1.21. The second-order valence-corrected chi connectivity index (χ2v) is 3.04. The highest BCUT2D eigenvalue weighted by atomic mass is 19.1. The minimum atomic E-state index is -0.401. The number of halogens is 1. The summed E-state index contributed by atoms with van der Waals surface area (Å²) in [5, 5.41) is 5.93. The molecule has 0 spiro atoms. The molecular formula is C9H8FN3O. The van der Waals surface area contributed by atoms with Gasteiger partial charge in [0.2, 0.25) is 0 Å². The molecule has 0 fully saturated rings. The van der Waals surface area contributed by atoms with E-state index in [-0.39, 0.29) is 5.82 Å². The Morgan fingerprint density at radius 2 is 2.14 bits per heavy atom. The van der Waals surface area contributed by atoms with Crippen molar-refractivity contribution in [3.8, 4) is 11.4 Å². The fraction of sp³-hybridized carbons (Fsp3) is 0.111. The molecule has 0 radical (unpaired) electrons. The predicted molar refractivity (Wildman–Crippen MR) is 49.3 cm³/mol. The molecule has 4 nitrogen and oxygen atoms in total. The molecule has 0 amide bonds. The zero-order chi connectivity index (χ0) is 10.1. The van der Waals surface area contributed by atoms with Gasteiger partial charge in [0, 0.05) is 5.56 Å². The number of rotatable bonds is 1. The number of nitrogens with zero attached hydrogens (tertiary/aromatic N) is 1. The number of benzene rings is 1. The molecule has 0 bridgehead atoms. The molecule has 0 aliphatic carbocycles. The maximum Gasteiger partial charge on any atom is 0.340 e. The first-order chi connectivity index (χ1) is 6.65. The van der Waals surface area contributed by atoms with E-state index in [9.17, 15) is 9.18 Å². The van der Waals surface area contributed by atoms with E-state index >= 15 is 0 Å². The fourth-order valence-electron chi connectivity index (χ4n) is 1.28. The Labute approximate surface area is 78.8 Å². The van der Waals surface area contributed by atoms with Crippen LogP contribution in [0.2, 0.25) is 0 Å². The van der Waals surface area contributed by atoms with Crippen LogP contribution in [0, 0.1) is 12.7 Å². The Morgan fingerprint density at radius 3 is 2.71 bits per heavy atom. The average molecular weight is 193 g/mol. The van der Waals surface area contributed by atoms with Gasteiger partial charge >= 0.3 is 5.69 Å². The van der Waals surface area contributed by atoms with Crippen LogP contribution in [-0.2, 0) is 0 Å². The molecule has 0 aliphatic heterocycles. The third-order valence-electron chi connectivity index (χ3n) is 1.82. The maximum atomic E-state index is 13.0. The number of hydrogen-bond acceptors (Lipinski definition) is 2. The zero-order valence-electron chi connectivity index (χ0n) is 7.47. The van der Waals surface area contributed by atoms with E-state index in [2.05, 4.69) is 15.2 Å². The summed E-state index contributed by atoms with van der Waals surface area (Å²) in [4.78, 5) is 13.2. The Morgan fingerprint density at radius 1 is 1.36 bits per heavy atom. The van der Waals surface area contributed by atoms with Gasteiger partial charge < -0.3 is 0 Å². The van der Waals surface area contributed by atoms with Gasteiger partial charge in [0.05, 0.1) is 0 Å². The van der Waals surface area contributed by atoms with Crippen LogP contribution in [0.25, 0.3) is 11.4 Å². The molecule has 0 unspecified atom stereocenters. The lowest BCUT2D eigenvalue weighted by molar-refractivity contribution is 0.627. The first kappa shape index (κ1) is 8.68. The van der Waals surface area contributed by atoms with Gasteiger partial charge in [-0.3, -0.25) is 4.98 Å². The molecule has 2 rings (SSSR count). The topological polar surface area (TPSA) is 61.5 Å². The van der Waals surface area contributed by atoms with E-state index in [1.165, 1.54) is 12.1 Å². The van der Waals surface area contributed by atoms with Crippen LogP contribution < -0.4 is 5.69 Å². The molecule has 1 heterocycles. The molecule has 0 aliphatic rings. The number of nitrogens with one attached hydrogen (secondary N) is 2. The second-order valence-electron chi connectivity index (χ2n) is 3.04. The molecule has 14 heavy (non-hydrogen) atoms. The summed E-state index contributed by atoms with van der Waals surface area (Å²) in [6.45, 7) is 1.78. The van der Waals surface area contributed by atoms with Crippen molar-refractivity contribution in [2.75, 3.05) is 0 Å². The molecule has 1 aromatic carbocycles. The quantitative estimate of drug-likeness (QED) is 0.715. The fourth-order valence-corrected chi connectivity index (χ4v) is 1.28. The Kier molecular flexibility index (Phi) is 1.92. The van der Waals surface area contributed by atoms with Crippen molar-refractivity contribution >= 4 is 0 Å². The van der Waals surface area contributed by atoms with E-state index in [0.717, 1.165) is 5.56 Å². The standard InChI is InChI=1S/C9H8FN3O/c1-5-2-6(4-7(10)3-5)8-11-9(14)13-12-8/h2-4H,1H3,(H2,11,12,13,14). The van der Waals surface area contributed by atoms with E-state index in [1.54, 1.807) is 13.0 Å². The van der Waals surface area contributed by atoms with Gasteiger partial charge in [-0.1, -0.05) is 0 Å². The molecule has 2 aromatic rings. The number of hydrogen-bond donors (Lipinski definition) is 2. The van der Waals surface area contributed by atoms with E-state index in [1.807, 2.05) is 0 Å². The summed E-state index contributed by atoms with van der Waals surface area (Å²) in [6.07, 6.45) is 0. The molecule has 0 saturated carbocycles. The van der Waals surface area contributed by atoms with Crippen LogP contribution in [0.15, 0.2) is 23.0 Å². The van der Waals surface area contributed by atoms with Crippen molar-refractivity contribution in [3.05, 3.63) is 40.1 Å². The lowest BCUT2D eigenvalue weighted by Gasteiger charge is -1.98. The monoisotopic (exact) mass is 193 g/mol. The van der Waals surface area contributed by atoms with Gasteiger partial charge in [-0.05, 0) is 30.7 Å². The normalized spacial score (nSPS) is 10.4. The zero-order valence-corrected chi connectivity index (χ0v) is 7.47. The highest BCUT2D eigenvalue weighted by Crippen LogP contribution is 2.16. The van der Waals surface area contributed by atoms with Gasteiger partial charge in [-0.2, -0.15) is 5.10 Å². The van der Waals surface area contributed by atoms with Crippen molar-refractivity contribution in [3.63, 3.8) is 0 Å². The number of aromatic nitrogens is 3. The van der Waals surface area contributed by atoms with Crippen molar-refractivity contribution in [1.29, 1.82) is 0 Å². The summed E-state index contributed by atoms with van der Waals surface area (Å²) in [5.74, 6) is 0.00134. The highest BCUT2D eigenvalue weighted by Gasteiger charge is 2.04. The van der Waals surface area contributed by atoms with Crippen LogP contribution in [0.3, 0.4) is 0 Å². The molecule has 0 saturated heterocycles. The van der Waals surface area contributed by atoms with E-state index < -0.39 is 5.69 Å². The van der Waals surface area contributed by atoms with Crippen molar-refractivity contribution in [2.24, 2.45) is 0 Å². The van der Waals surface area contributed by atoms with Gasteiger partial charge in [-0.25, -0.2) is 14.3 Å². The van der Waals surface area contributed by atoms with Crippen LogP contribution in [0.1, 0.15) is 5.56 Å². The third-order valence-corrected chi connectivity index (χ3v) is 1.82. The number of aryl methyl sites for hydroxylation is 1. The molecule has 5 heteroatoms. The Hall–Kier alpha value is -1.91. The van der Waals surface area contributed by atoms with Crippen LogP contribution in [-0.4, -0.2) is 15.2 Å². The van der Waals surface area contributed by atoms with Gasteiger partial charge in [0.1, 0.15) is 5.82 Å². The smallest absolute Gasteiger partial charge is 0.289 e. The van der Waals surface area contributed by atoms with Crippen molar-refractivity contribution in [1.82, 2.24) is 15.2 Å². The molecule has 0 atom stereocenters.